The normalized spacial score (nSPS) is 40.0. The number of ether oxygens (including phenoxy) is 1. The fraction of sp³-hybridized carbons (Fsp3) is 0.826. The van der Waals surface area contributed by atoms with Gasteiger partial charge in [-0.2, -0.15) is 0 Å². The smallest absolute Gasteiger partial charge is 0.309 e. The molecule has 1 unspecified atom stereocenters. The quantitative estimate of drug-likeness (QED) is 0.196. The minimum atomic E-state index is -1.15. The number of piperazine rings is 1. The molecule has 306 valence electrons. The lowest BCUT2D eigenvalue weighted by atomic mass is 9.32. The van der Waals surface area contributed by atoms with Crippen LogP contribution in [-0.4, -0.2) is 70.2 Å². The summed E-state index contributed by atoms with van der Waals surface area (Å²) in [6.45, 7) is 28.5. The highest BCUT2D eigenvalue weighted by Gasteiger charge is 2.71. The van der Waals surface area contributed by atoms with Crippen LogP contribution in [0.5, 0.6) is 0 Å². The Morgan fingerprint density at radius 1 is 0.927 bits per heavy atom. The second-order valence-electron chi connectivity index (χ2n) is 21.5. The largest absolute Gasteiger partial charge is 0.481 e. The maximum atomic E-state index is 14.3. The molecule has 6 aliphatic rings. The number of nitrogens with zero attached hydrogens (tertiary/aromatic N) is 3. The third-order valence-electron chi connectivity index (χ3n) is 17.9. The van der Waals surface area contributed by atoms with Crippen molar-refractivity contribution in [1.29, 1.82) is 0 Å². The van der Waals surface area contributed by atoms with E-state index in [4.69, 9.17) is 9.26 Å². The highest BCUT2D eigenvalue weighted by molar-refractivity contribution is 5.81. The molecule has 1 saturated heterocycles. The molecule has 0 bridgehead atoms. The first kappa shape index (κ1) is 40.5. The molecule has 5 aliphatic carbocycles. The van der Waals surface area contributed by atoms with Gasteiger partial charge in [0.2, 0.25) is 5.91 Å². The molecule has 0 aromatic carbocycles. The molecule has 1 amide bonds. The van der Waals surface area contributed by atoms with Gasteiger partial charge in [-0.15, -0.1) is 0 Å². The number of fused-ring (bicyclic) bond motifs is 7. The van der Waals surface area contributed by atoms with Gasteiger partial charge in [0.25, 0.3) is 0 Å². The van der Waals surface area contributed by atoms with Crippen molar-refractivity contribution in [2.75, 3.05) is 26.2 Å². The first-order valence-corrected chi connectivity index (χ1v) is 21.7. The summed E-state index contributed by atoms with van der Waals surface area (Å²) in [6, 6.07) is 2.01. The molecule has 9 heteroatoms. The van der Waals surface area contributed by atoms with E-state index < -0.39 is 17.4 Å². The lowest BCUT2D eigenvalue weighted by Crippen LogP contribution is -2.67. The average Bonchev–Trinajstić information content (AvgIpc) is 3.69. The van der Waals surface area contributed by atoms with Crippen molar-refractivity contribution >= 4 is 17.8 Å². The number of allylic oxidation sites excluding steroid dienone is 1. The number of amides is 1. The van der Waals surface area contributed by atoms with E-state index in [2.05, 4.69) is 63.1 Å². The van der Waals surface area contributed by atoms with Crippen LogP contribution in [0.2, 0.25) is 0 Å². The molecule has 7 rings (SSSR count). The van der Waals surface area contributed by atoms with Gasteiger partial charge in [-0.3, -0.25) is 19.3 Å². The van der Waals surface area contributed by atoms with Gasteiger partial charge in [0.15, 0.2) is 5.76 Å². The van der Waals surface area contributed by atoms with Crippen LogP contribution in [0.3, 0.4) is 0 Å². The van der Waals surface area contributed by atoms with E-state index in [1.165, 1.54) is 31.3 Å². The predicted octanol–water partition coefficient (Wildman–Crippen LogP) is 9.09. The zero-order valence-corrected chi connectivity index (χ0v) is 35.6. The minimum Gasteiger partial charge on any atom is -0.481 e. The van der Waals surface area contributed by atoms with E-state index in [1.807, 2.05) is 13.0 Å². The van der Waals surface area contributed by atoms with Crippen molar-refractivity contribution in [1.82, 2.24) is 15.0 Å². The molecule has 1 N–H and O–H groups in total. The Morgan fingerprint density at radius 3 is 2.27 bits per heavy atom. The maximum absolute atomic E-state index is 14.3. The monoisotopic (exact) mass is 762 g/mol. The second-order valence-corrected chi connectivity index (χ2v) is 21.5. The Labute approximate surface area is 330 Å². The summed E-state index contributed by atoms with van der Waals surface area (Å²) in [5.41, 5.74) is 1.41. The first-order chi connectivity index (χ1) is 25.7. The Balaban J connectivity index is 1.07. The predicted molar refractivity (Wildman–Crippen MR) is 213 cm³/mol. The molecule has 0 spiro atoms. The van der Waals surface area contributed by atoms with E-state index in [0.29, 0.717) is 41.9 Å². The summed E-state index contributed by atoms with van der Waals surface area (Å²) < 4.78 is 11.7. The Bertz CT molecular complexity index is 1670. The average molecular weight is 762 g/mol. The summed E-state index contributed by atoms with van der Waals surface area (Å²) in [5.74, 6) is 2.42. The first-order valence-electron chi connectivity index (χ1n) is 21.7. The molecule has 10 atom stereocenters. The van der Waals surface area contributed by atoms with E-state index in [-0.39, 0.29) is 39.6 Å². The van der Waals surface area contributed by atoms with Crippen molar-refractivity contribution in [3.63, 3.8) is 0 Å². The van der Waals surface area contributed by atoms with Crippen LogP contribution in [0.15, 0.2) is 22.7 Å². The van der Waals surface area contributed by atoms with Gasteiger partial charge in [-0.05, 0) is 143 Å². The van der Waals surface area contributed by atoms with Crippen LogP contribution >= 0.6 is 0 Å². The summed E-state index contributed by atoms with van der Waals surface area (Å²) >= 11 is 0. The van der Waals surface area contributed by atoms with Crippen LogP contribution in [0, 0.1) is 69.0 Å². The number of carbonyl (C=O) groups excluding carboxylic acids is 2. The van der Waals surface area contributed by atoms with Crippen LogP contribution in [0.4, 0.5) is 0 Å². The molecule has 1 aromatic rings. The van der Waals surface area contributed by atoms with Gasteiger partial charge in [0.05, 0.1) is 24.1 Å². The Kier molecular flexibility index (Phi) is 10.3. The number of carbonyl (C=O) groups is 3. The lowest BCUT2D eigenvalue weighted by molar-refractivity contribution is -0.250. The molecule has 6 fully saturated rings. The number of carboxylic acid groups (broad SMARTS) is 1. The third-order valence-corrected chi connectivity index (χ3v) is 17.9. The van der Waals surface area contributed by atoms with Crippen LogP contribution in [-0.2, 0) is 25.7 Å². The topological polar surface area (TPSA) is 113 Å². The molecule has 2 heterocycles. The fourth-order valence-corrected chi connectivity index (χ4v) is 14.7. The lowest BCUT2D eigenvalue weighted by Gasteiger charge is -2.73. The molecule has 1 aliphatic heterocycles. The summed E-state index contributed by atoms with van der Waals surface area (Å²) in [5, 5.41) is 13.7. The highest BCUT2D eigenvalue weighted by Crippen LogP contribution is 2.78. The van der Waals surface area contributed by atoms with Gasteiger partial charge in [-0.1, -0.05) is 51.9 Å². The number of esters is 1. The zero-order valence-electron chi connectivity index (χ0n) is 35.6. The van der Waals surface area contributed by atoms with Crippen molar-refractivity contribution in [2.45, 2.75) is 152 Å². The highest BCUT2D eigenvalue weighted by atomic mass is 16.5. The SMILES string of the molecule is C=C(C)[C@@H]1CC[C@]2(CC(=O)N3CCN(Cc4cc(C)no4)CC3)CC[C@]3(C)[C@H](CC[C@@H]4[C@@]5(C)CC[C@H](OC(=O)CC(C)(C)C(=O)O)C(C)(C)C5CC[C@]43C)[C@@H]12. The van der Waals surface area contributed by atoms with Crippen molar-refractivity contribution < 1.29 is 28.8 Å². The maximum Gasteiger partial charge on any atom is 0.309 e. The number of hydrogen-bond donors (Lipinski definition) is 1. The number of aliphatic carboxylic acids is 1. The molecule has 9 nitrogen and oxygen atoms in total. The van der Waals surface area contributed by atoms with E-state index in [9.17, 15) is 19.5 Å². The van der Waals surface area contributed by atoms with Gasteiger partial charge in [0, 0.05) is 44.1 Å². The van der Waals surface area contributed by atoms with Crippen LogP contribution in [0.1, 0.15) is 144 Å². The summed E-state index contributed by atoms with van der Waals surface area (Å²) in [6.07, 6.45) is 11.5. The Hall–Kier alpha value is -2.68. The third kappa shape index (κ3) is 6.62. The van der Waals surface area contributed by atoms with Crippen molar-refractivity contribution in [3.05, 3.63) is 29.7 Å². The van der Waals surface area contributed by atoms with Gasteiger partial charge < -0.3 is 19.3 Å². The van der Waals surface area contributed by atoms with Crippen molar-refractivity contribution in [2.24, 2.45) is 62.1 Å². The summed E-state index contributed by atoms with van der Waals surface area (Å²) in [4.78, 5) is 43.8. The zero-order chi connectivity index (χ0) is 39.9. The standard InChI is InChI=1S/C46H71N3O6/c1-29(2)32-13-18-46(26-37(50)49-23-21-48(22-24-49)28-31-25-30(3)47-55-31)20-19-44(9)33(39(32)46)11-12-35-43(8)16-15-36(54-38(51)27-41(4,5)40(52)53)42(6,7)34(43)14-17-45(35,44)10/h25,32-36,39H,1,11-24,26-28H2,2-10H3,(H,52,53)/t32-,33+,34?,35+,36-,39+,43-,44+,45+,46+/m0/s1. The van der Waals surface area contributed by atoms with Crippen LogP contribution < -0.4 is 0 Å². The van der Waals surface area contributed by atoms with Gasteiger partial charge in [0.1, 0.15) is 6.10 Å². The molecular weight excluding hydrogens is 691 g/mol. The number of carboxylic acids is 1. The van der Waals surface area contributed by atoms with E-state index in [0.717, 1.165) is 82.7 Å². The fourth-order valence-electron chi connectivity index (χ4n) is 14.7. The number of rotatable bonds is 9. The Morgan fingerprint density at radius 2 is 1.64 bits per heavy atom. The number of hydrogen-bond acceptors (Lipinski definition) is 7. The number of aromatic nitrogens is 1. The number of aryl methyl sites for hydroxylation is 1. The van der Waals surface area contributed by atoms with Gasteiger partial charge in [-0.25, -0.2) is 0 Å². The second kappa shape index (κ2) is 14.0. The van der Waals surface area contributed by atoms with Crippen LogP contribution in [0.25, 0.3) is 0 Å². The summed E-state index contributed by atoms with van der Waals surface area (Å²) in [7, 11) is 0. The molecule has 1 aromatic heterocycles. The van der Waals surface area contributed by atoms with E-state index in [1.54, 1.807) is 13.8 Å². The van der Waals surface area contributed by atoms with Crippen molar-refractivity contribution in [3.8, 4) is 0 Å². The molecule has 55 heavy (non-hydrogen) atoms. The molecule has 5 saturated carbocycles. The molecule has 0 radical (unpaired) electrons. The minimum absolute atomic E-state index is 0.0445. The van der Waals surface area contributed by atoms with Gasteiger partial charge >= 0.3 is 11.9 Å². The van der Waals surface area contributed by atoms with E-state index >= 15 is 0 Å². The molecular formula is C46H71N3O6.